The van der Waals surface area contributed by atoms with E-state index in [9.17, 15) is 5.11 Å². The van der Waals surface area contributed by atoms with Crippen molar-refractivity contribution in [3.63, 3.8) is 0 Å². The predicted molar refractivity (Wildman–Crippen MR) is 83.0 cm³/mol. The number of rotatable bonds is 7. The predicted octanol–water partition coefficient (Wildman–Crippen LogP) is 3.69. The van der Waals surface area contributed by atoms with Crippen LogP contribution in [0.4, 0.5) is 0 Å². The molecule has 2 rings (SSSR count). The minimum Gasteiger partial charge on any atom is -0.508 e. The third-order valence-corrected chi connectivity index (χ3v) is 3.48. The Morgan fingerprint density at radius 1 is 1.25 bits per heavy atom. The van der Waals surface area contributed by atoms with E-state index in [2.05, 4.69) is 42.2 Å². The molecule has 2 aromatic rings. The summed E-state index contributed by atoms with van der Waals surface area (Å²) < 4.78 is 2.17. The molecule has 0 spiro atoms. The van der Waals surface area contributed by atoms with Gasteiger partial charge in [0.1, 0.15) is 5.75 Å². The Morgan fingerprint density at radius 3 is 2.80 bits per heavy atom. The van der Waals surface area contributed by atoms with Crippen molar-refractivity contribution in [2.45, 2.75) is 39.3 Å². The van der Waals surface area contributed by atoms with Crippen LogP contribution in [0.1, 0.15) is 43.9 Å². The van der Waals surface area contributed by atoms with Gasteiger partial charge in [0.2, 0.25) is 0 Å². The molecule has 1 aromatic carbocycles. The van der Waals surface area contributed by atoms with Crippen LogP contribution in [0.25, 0.3) is 0 Å². The standard InChI is InChI=1S/C17H24N2O/c1-3-6-17(18-4-2)15-9-10-19(13-15)12-14-7-5-8-16(20)11-14/h5,7-11,13,17-18,20H,3-4,6,12H2,1-2H3. The van der Waals surface area contributed by atoms with Crippen molar-refractivity contribution >= 4 is 0 Å². The van der Waals surface area contributed by atoms with E-state index in [0.717, 1.165) is 25.1 Å². The number of hydrogen-bond acceptors (Lipinski definition) is 2. The summed E-state index contributed by atoms with van der Waals surface area (Å²) in [5.74, 6) is 0.325. The van der Waals surface area contributed by atoms with Crippen LogP contribution in [0.5, 0.6) is 5.75 Å². The van der Waals surface area contributed by atoms with Crippen molar-refractivity contribution in [1.29, 1.82) is 0 Å². The van der Waals surface area contributed by atoms with Crippen molar-refractivity contribution in [3.05, 3.63) is 53.9 Å². The fraction of sp³-hybridized carbons (Fsp3) is 0.412. The molecule has 0 aliphatic carbocycles. The highest BCUT2D eigenvalue weighted by Gasteiger charge is 2.10. The van der Waals surface area contributed by atoms with Gasteiger partial charge in [-0.1, -0.05) is 32.4 Å². The normalized spacial score (nSPS) is 12.5. The number of phenols is 1. The lowest BCUT2D eigenvalue weighted by Crippen LogP contribution is -2.20. The highest BCUT2D eigenvalue weighted by atomic mass is 16.3. The number of aromatic nitrogens is 1. The summed E-state index contributed by atoms with van der Waals surface area (Å²) in [5, 5.41) is 13.0. The monoisotopic (exact) mass is 272 g/mol. The van der Waals surface area contributed by atoms with E-state index < -0.39 is 0 Å². The molecule has 0 aliphatic rings. The average molecular weight is 272 g/mol. The molecule has 20 heavy (non-hydrogen) atoms. The molecule has 1 heterocycles. The Balaban J connectivity index is 2.07. The number of nitrogens with zero attached hydrogens (tertiary/aromatic N) is 1. The van der Waals surface area contributed by atoms with E-state index in [1.165, 1.54) is 12.0 Å². The molecular weight excluding hydrogens is 248 g/mol. The molecule has 0 bridgehead atoms. The van der Waals surface area contributed by atoms with Crippen LogP contribution >= 0.6 is 0 Å². The molecule has 0 aliphatic heterocycles. The van der Waals surface area contributed by atoms with E-state index in [1.54, 1.807) is 6.07 Å². The summed E-state index contributed by atoms with van der Waals surface area (Å²) in [6, 6.07) is 10.1. The largest absolute Gasteiger partial charge is 0.508 e. The van der Waals surface area contributed by atoms with E-state index in [4.69, 9.17) is 0 Å². The van der Waals surface area contributed by atoms with E-state index in [1.807, 2.05) is 18.2 Å². The molecule has 0 radical (unpaired) electrons. The first-order valence-electron chi connectivity index (χ1n) is 7.40. The van der Waals surface area contributed by atoms with Gasteiger partial charge in [-0.15, -0.1) is 0 Å². The molecule has 0 fully saturated rings. The first-order valence-corrected chi connectivity index (χ1v) is 7.40. The second-order valence-electron chi connectivity index (χ2n) is 5.19. The van der Waals surface area contributed by atoms with Crippen molar-refractivity contribution < 1.29 is 5.11 Å². The molecular formula is C17H24N2O. The van der Waals surface area contributed by atoms with Crippen LogP contribution in [-0.4, -0.2) is 16.2 Å². The number of nitrogens with one attached hydrogen (secondary N) is 1. The van der Waals surface area contributed by atoms with E-state index >= 15 is 0 Å². The molecule has 0 amide bonds. The third-order valence-electron chi connectivity index (χ3n) is 3.48. The van der Waals surface area contributed by atoms with Crippen molar-refractivity contribution in [2.75, 3.05) is 6.54 Å². The lowest BCUT2D eigenvalue weighted by atomic mass is 10.1. The maximum atomic E-state index is 9.51. The summed E-state index contributed by atoms with van der Waals surface area (Å²) in [6.07, 6.45) is 6.64. The SMILES string of the molecule is CCCC(NCC)c1ccn(Cc2cccc(O)c2)c1. The van der Waals surface area contributed by atoms with Gasteiger partial charge < -0.3 is 15.0 Å². The number of aromatic hydroxyl groups is 1. The molecule has 0 saturated carbocycles. The van der Waals surface area contributed by atoms with Crippen molar-refractivity contribution in [3.8, 4) is 5.75 Å². The summed E-state index contributed by atoms with van der Waals surface area (Å²) in [6.45, 7) is 6.14. The van der Waals surface area contributed by atoms with E-state index in [0.29, 0.717) is 11.8 Å². The number of benzene rings is 1. The van der Waals surface area contributed by atoms with Crippen LogP contribution in [-0.2, 0) is 6.54 Å². The molecule has 2 N–H and O–H groups in total. The highest BCUT2D eigenvalue weighted by Crippen LogP contribution is 2.20. The van der Waals surface area contributed by atoms with Gasteiger partial charge in [-0.05, 0) is 42.3 Å². The van der Waals surface area contributed by atoms with Crippen molar-refractivity contribution in [2.24, 2.45) is 0 Å². The Labute approximate surface area is 121 Å². The van der Waals surface area contributed by atoms with Crippen molar-refractivity contribution in [1.82, 2.24) is 9.88 Å². The molecule has 0 saturated heterocycles. The van der Waals surface area contributed by atoms with Gasteiger partial charge in [0.15, 0.2) is 0 Å². The van der Waals surface area contributed by atoms with Gasteiger partial charge in [0.25, 0.3) is 0 Å². The maximum absolute atomic E-state index is 9.51. The molecule has 3 nitrogen and oxygen atoms in total. The molecule has 3 heteroatoms. The minimum atomic E-state index is 0.325. The third kappa shape index (κ3) is 3.87. The van der Waals surface area contributed by atoms with Gasteiger partial charge in [-0.25, -0.2) is 0 Å². The van der Waals surface area contributed by atoms with Crippen LogP contribution < -0.4 is 5.32 Å². The zero-order valence-corrected chi connectivity index (χ0v) is 12.3. The smallest absolute Gasteiger partial charge is 0.115 e. The van der Waals surface area contributed by atoms with Gasteiger partial charge in [-0.2, -0.15) is 0 Å². The average Bonchev–Trinajstić information content (AvgIpc) is 2.87. The van der Waals surface area contributed by atoms with Gasteiger partial charge >= 0.3 is 0 Å². The second kappa shape index (κ2) is 7.15. The topological polar surface area (TPSA) is 37.2 Å². The molecule has 1 aromatic heterocycles. The molecule has 1 atom stereocenters. The van der Waals surface area contributed by atoms with Gasteiger partial charge in [0.05, 0.1) is 0 Å². The Hall–Kier alpha value is -1.74. The molecule has 108 valence electrons. The van der Waals surface area contributed by atoms with Gasteiger partial charge in [0, 0.05) is 25.0 Å². The lowest BCUT2D eigenvalue weighted by molar-refractivity contribution is 0.474. The van der Waals surface area contributed by atoms with Crippen LogP contribution in [0.15, 0.2) is 42.7 Å². The second-order valence-corrected chi connectivity index (χ2v) is 5.19. The fourth-order valence-electron chi connectivity index (χ4n) is 2.55. The Bertz CT molecular complexity index is 527. The Morgan fingerprint density at radius 2 is 2.10 bits per heavy atom. The van der Waals surface area contributed by atoms with E-state index in [-0.39, 0.29) is 0 Å². The summed E-state index contributed by atoms with van der Waals surface area (Å²) in [5.41, 5.74) is 2.46. The minimum absolute atomic E-state index is 0.325. The first kappa shape index (κ1) is 14.7. The molecule has 1 unspecified atom stereocenters. The lowest BCUT2D eigenvalue weighted by Gasteiger charge is -2.15. The quantitative estimate of drug-likeness (QED) is 0.806. The summed E-state index contributed by atoms with van der Waals surface area (Å²) >= 11 is 0. The van der Waals surface area contributed by atoms with Crippen LogP contribution in [0.2, 0.25) is 0 Å². The zero-order chi connectivity index (χ0) is 14.4. The van der Waals surface area contributed by atoms with Gasteiger partial charge in [-0.3, -0.25) is 0 Å². The summed E-state index contributed by atoms with van der Waals surface area (Å²) in [4.78, 5) is 0. The summed E-state index contributed by atoms with van der Waals surface area (Å²) in [7, 11) is 0. The highest BCUT2D eigenvalue weighted by molar-refractivity contribution is 5.28. The zero-order valence-electron chi connectivity index (χ0n) is 12.3. The first-order chi connectivity index (χ1) is 9.72. The number of hydrogen-bond donors (Lipinski definition) is 2. The van der Waals surface area contributed by atoms with Crippen LogP contribution in [0, 0.1) is 0 Å². The number of phenolic OH excluding ortho intramolecular Hbond substituents is 1. The fourth-order valence-corrected chi connectivity index (χ4v) is 2.55. The Kier molecular flexibility index (Phi) is 5.24. The maximum Gasteiger partial charge on any atom is 0.115 e. The van der Waals surface area contributed by atoms with Crippen LogP contribution in [0.3, 0.4) is 0 Å².